The monoisotopic (exact) mass is 474 g/mol. The number of rotatable bonds is 13. The molecule has 2 amide bonds. The summed E-state index contributed by atoms with van der Waals surface area (Å²) in [5, 5.41) is 5.80. The van der Waals surface area contributed by atoms with Gasteiger partial charge in [0.2, 0.25) is 0 Å². The standard InChI is InChI=1S/C25H34N2O7/c1-16-19(30-2)11-10-17(23(16)34-6)24(28)26-12-8-7-9-13-27-25(29)18-14-21(32-4)22(33-5)15-20(18)31-3/h10-11,14-15H,7-9,12-13H2,1-6H3,(H,26,28)(H,27,29). The third kappa shape index (κ3) is 6.46. The van der Waals surface area contributed by atoms with Gasteiger partial charge >= 0.3 is 0 Å². The molecule has 0 fully saturated rings. The van der Waals surface area contributed by atoms with Gasteiger partial charge in [0.15, 0.2) is 11.5 Å². The average Bonchev–Trinajstić information content (AvgIpc) is 2.86. The minimum Gasteiger partial charge on any atom is -0.496 e. The first-order chi connectivity index (χ1) is 16.4. The van der Waals surface area contributed by atoms with Crippen molar-refractivity contribution >= 4 is 11.8 Å². The molecule has 0 atom stereocenters. The van der Waals surface area contributed by atoms with E-state index in [2.05, 4.69) is 10.6 Å². The van der Waals surface area contributed by atoms with Gasteiger partial charge in [-0.15, -0.1) is 0 Å². The first kappa shape index (κ1) is 26.6. The zero-order chi connectivity index (χ0) is 25.1. The van der Waals surface area contributed by atoms with E-state index in [-0.39, 0.29) is 11.8 Å². The van der Waals surface area contributed by atoms with E-state index in [9.17, 15) is 9.59 Å². The van der Waals surface area contributed by atoms with Crippen molar-refractivity contribution in [2.45, 2.75) is 26.2 Å². The molecule has 0 radical (unpaired) electrons. The first-order valence-electron chi connectivity index (χ1n) is 11.0. The van der Waals surface area contributed by atoms with E-state index in [1.165, 1.54) is 28.4 Å². The number of nitrogens with one attached hydrogen (secondary N) is 2. The predicted octanol–water partition coefficient (Wildman–Crippen LogP) is 3.37. The van der Waals surface area contributed by atoms with E-state index in [0.29, 0.717) is 53.0 Å². The lowest BCUT2D eigenvalue weighted by Crippen LogP contribution is -2.26. The van der Waals surface area contributed by atoms with Crippen LogP contribution in [-0.2, 0) is 0 Å². The van der Waals surface area contributed by atoms with Crippen LogP contribution in [0.2, 0.25) is 0 Å². The number of unbranched alkanes of at least 4 members (excludes halogenated alkanes) is 2. The molecule has 0 unspecified atom stereocenters. The van der Waals surface area contributed by atoms with Gasteiger partial charge in [-0.3, -0.25) is 9.59 Å². The zero-order valence-corrected chi connectivity index (χ0v) is 20.7. The lowest BCUT2D eigenvalue weighted by atomic mass is 10.1. The summed E-state index contributed by atoms with van der Waals surface area (Å²) in [7, 11) is 7.64. The fourth-order valence-corrected chi connectivity index (χ4v) is 3.56. The summed E-state index contributed by atoms with van der Waals surface area (Å²) < 4.78 is 26.5. The lowest BCUT2D eigenvalue weighted by molar-refractivity contribution is 0.0944. The molecule has 0 bridgehead atoms. The molecule has 2 rings (SSSR count). The van der Waals surface area contributed by atoms with Gasteiger partial charge in [-0.1, -0.05) is 0 Å². The predicted molar refractivity (Wildman–Crippen MR) is 129 cm³/mol. The smallest absolute Gasteiger partial charge is 0.255 e. The molecule has 186 valence electrons. The number of ether oxygens (including phenoxy) is 5. The summed E-state index contributed by atoms with van der Waals surface area (Å²) in [6.07, 6.45) is 2.38. The van der Waals surface area contributed by atoms with Gasteiger partial charge < -0.3 is 34.3 Å². The normalized spacial score (nSPS) is 10.3. The molecule has 2 N–H and O–H groups in total. The third-order valence-corrected chi connectivity index (χ3v) is 5.40. The van der Waals surface area contributed by atoms with Crippen molar-refractivity contribution in [3.63, 3.8) is 0 Å². The second-order valence-corrected chi connectivity index (χ2v) is 7.45. The van der Waals surface area contributed by atoms with E-state index >= 15 is 0 Å². The topological polar surface area (TPSA) is 104 Å². The van der Waals surface area contributed by atoms with Crippen LogP contribution in [-0.4, -0.2) is 60.5 Å². The molecule has 0 heterocycles. The van der Waals surface area contributed by atoms with Crippen LogP contribution in [0.5, 0.6) is 28.7 Å². The van der Waals surface area contributed by atoms with Crippen molar-refractivity contribution in [2.24, 2.45) is 0 Å². The van der Waals surface area contributed by atoms with Crippen molar-refractivity contribution in [1.29, 1.82) is 0 Å². The highest BCUT2D eigenvalue weighted by Gasteiger charge is 2.18. The molecule has 9 nitrogen and oxygen atoms in total. The van der Waals surface area contributed by atoms with Crippen LogP contribution in [0.1, 0.15) is 45.5 Å². The molecule has 2 aromatic carbocycles. The van der Waals surface area contributed by atoms with Gasteiger partial charge in [0.05, 0.1) is 46.7 Å². The van der Waals surface area contributed by atoms with Crippen LogP contribution in [0.4, 0.5) is 0 Å². The van der Waals surface area contributed by atoms with Gasteiger partial charge in [-0.05, 0) is 38.3 Å². The Kier molecular flexibility index (Phi) is 10.3. The van der Waals surface area contributed by atoms with Crippen molar-refractivity contribution in [2.75, 3.05) is 48.6 Å². The highest BCUT2D eigenvalue weighted by Crippen LogP contribution is 2.34. The van der Waals surface area contributed by atoms with Gasteiger partial charge in [0, 0.05) is 30.8 Å². The van der Waals surface area contributed by atoms with Gasteiger partial charge in [-0.2, -0.15) is 0 Å². The van der Waals surface area contributed by atoms with Crippen molar-refractivity contribution in [1.82, 2.24) is 10.6 Å². The maximum absolute atomic E-state index is 12.6. The molecular formula is C25H34N2O7. The Morgan fingerprint density at radius 3 is 1.71 bits per heavy atom. The zero-order valence-electron chi connectivity index (χ0n) is 20.7. The summed E-state index contributed by atoms with van der Waals surface area (Å²) in [5.74, 6) is 2.06. The molecular weight excluding hydrogens is 440 g/mol. The van der Waals surface area contributed by atoms with E-state index in [4.69, 9.17) is 23.7 Å². The minimum atomic E-state index is -0.256. The van der Waals surface area contributed by atoms with Crippen LogP contribution in [0.3, 0.4) is 0 Å². The summed E-state index contributed by atoms with van der Waals surface area (Å²) >= 11 is 0. The molecule has 9 heteroatoms. The molecule has 0 aliphatic carbocycles. The lowest BCUT2D eigenvalue weighted by Gasteiger charge is -2.14. The summed E-state index contributed by atoms with van der Waals surface area (Å²) in [4.78, 5) is 25.1. The summed E-state index contributed by atoms with van der Waals surface area (Å²) in [5.41, 5.74) is 1.62. The van der Waals surface area contributed by atoms with Crippen molar-refractivity contribution < 1.29 is 33.3 Å². The van der Waals surface area contributed by atoms with E-state index < -0.39 is 0 Å². The molecule has 0 spiro atoms. The van der Waals surface area contributed by atoms with Crippen LogP contribution < -0.4 is 34.3 Å². The van der Waals surface area contributed by atoms with E-state index in [1.807, 2.05) is 6.92 Å². The SMILES string of the molecule is COc1cc(OC)c(C(=O)NCCCCCNC(=O)c2ccc(OC)c(C)c2OC)cc1OC. The van der Waals surface area contributed by atoms with E-state index in [1.54, 1.807) is 31.4 Å². The molecule has 0 saturated heterocycles. The largest absolute Gasteiger partial charge is 0.496 e. The quantitative estimate of drug-likeness (QED) is 0.429. The molecule has 0 aliphatic heterocycles. The number of benzene rings is 2. The van der Waals surface area contributed by atoms with Crippen LogP contribution in [0.25, 0.3) is 0 Å². The Morgan fingerprint density at radius 2 is 1.18 bits per heavy atom. The molecule has 2 aromatic rings. The van der Waals surface area contributed by atoms with E-state index in [0.717, 1.165) is 24.8 Å². The van der Waals surface area contributed by atoms with Crippen molar-refractivity contribution in [3.05, 3.63) is 41.0 Å². The highest BCUT2D eigenvalue weighted by atomic mass is 16.5. The Balaban J connectivity index is 1.79. The van der Waals surface area contributed by atoms with Crippen LogP contribution in [0, 0.1) is 6.92 Å². The Morgan fingerprint density at radius 1 is 0.647 bits per heavy atom. The first-order valence-corrected chi connectivity index (χ1v) is 11.0. The minimum absolute atomic E-state index is 0.198. The third-order valence-electron chi connectivity index (χ3n) is 5.40. The average molecular weight is 475 g/mol. The summed E-state index contributed by atoms with van der Waals surface area (Å²) in [6, 6.07) is 6.66. The van der Waals surface area contributed by atoms with Crippen molar-refractivity contribution in [3.8, 4) is 28.7 Å². The van der Waals surface area contributed by atoms with Gasteiger partial charge in [0.25, 0.3) is 11.8 Å². The Hall–Kier alpha value is -3.62. The second kappa shape index (κ2) is 13.2. The highest BCUT2D eigenvalue weighted by molar-refractivity contribution is 5.98. The number of hydrogen-bond donors (Lipinski definition) is 2. The number of amides is 2. The number of hydrogen-bond acceptors (Lipinski definition) is 7. The molecule has 0 aliphatic rings. The molecule has 0 saturated carbocycles. The Labute approximate surface area is 200 Å². The molecule has 34 heavy (non-hydrogen) atoms. The van der Waals surface area contributed by atoms with Gasteiger partial charge in [0.1, 0.15) is 17.2 Å². The molecule has 0 aromatic heterocycles. The summed E-state index contributed by atoms with van der Waals surface area (Å²) in [6.45, 7) is 2.86. The van der Waals surface area contributed by atoms with Gasteiger partial charge in [-0.25, -0.2) is 0 Å². The fraction of sp³-hybridized carbons (Fsp3) is 0.440. The second-order valence-electron chi connectivity index (χ2n) is 7.45. The fourth-order valence-electron chi connectivity index (χ4n) is 3.56. The maximum atomic E-state index is 12.6. The Bertz CT molecular complexity index is 992. The maximum Gasteiger partial charge on any atom is 0.255 e. The van der Waals surface area contributed by atoms with Crippen LogP contribution in [0.15, 0.2) is 24.3 Å². The van der Waals surface area contributed by atoms with Crippen LogP contribution >= 0.6 is 0 Å². The number of carbonyl (C=O) groups is 2. The number of carbonyl (C=O) groups excluding carboxylic acids is 2. The number of methoxy groups -OCH3 is 5.